The monoisotopic (exact) mass is 271 g/mol. The van der Waals surface area contributed by atoms with E-state index in [0.717, 1.165) is 36.8 Å². The lowest BCUT2D eigenvalue weighted by atomic mass is 9.85. The van der Waals surface area contributed by atoms with Gasteiger partial charge in [0, 0.05) is 5.92 Å². The number of aryl methyl sites for hydroxylation is 1. The molecule has 0 aliphatic carbocycles. The molecule has 0 bridgehead atoms. The number of likely N-dealkylation sites (N-methyl/N-ethyl adjacent to an activating group) is 1. The molecule has 0 spiro atoms. The maximum absolute atomic E-state index is 5.86. The molecule has 2 atom stereocenters. The Balaban J connectivity index is 1.96. The van der Waals surface area contributed by atoms with Crippen molar-refractivity contribution in [3.8, 4) is 5.75 Å². The van der Waals surface area contributed by atoms with E-state index in [1.54, 1.807) is 0 Å². The molecule has 3 heteroatoms. The Bertz CT molecular complexity index is 576. The van der Waals surface area contributed by atoms with Crippen LogP contribution in [0.5, 0.6) is 5.75 Å². The second-order valence-electron chi connectivity index (χ2n) is 5.27. The van der Waals surface area contributed by atoms with Gasteiger partial charge >= 0.3 is 0 Å². The van der Waals surface area contributed by atoms with Gasteiger partial charge in [0.25, 0.3) is 0 Å². The van der Waals surface area contributed by atoms with Crippen LogP contribution in [0.2, 0.25) is 0 Å². The van der Waals surface area contributed by atoms with Crippen LogP contribution in [0.25, 0.3) is 0 Å². The molecule has 1 N–H and O–H groups in total. The second-order valence-corrected chi connectivity index (χ2v) is 5.27. The molecule has 1 aromatic carbocycles. The van der Waals surface area contributed by atoms with Gasteiger partial charge < -0.3 is 14.5 Å². The molecule has 0 saturated carbocycles. The summed E-state index contributed by atoms with van der Waals surface area (Å²) in [7, 11) is 0. The molecule has 1 aliphatic heterocycles. The highest BCUT2D eigenvalue weighted by Crippen LogP contribution is 2.41. The van der Waals surface area contributed by atoms with E-state index in [1.807, 2.05) is 19.1 Å². The van der Waals surface area contributed by atoms with E-state index in [2.05, 4.69) is 36.5 Å². The van der Waals surface area contributed by atoms with Crippen LogP contribution in [-0.4, -0.2) is 13.2 Å². The number of benzene rings is 1. The number of ether oxygens (including phenoxy) is 1. The minimum atomic E-state index is 0.207. The second kappa shape index (κ2) is 5.71. The lowest BCUT2D eigenvalue weighted by molar-refractivity contribution is 0.236. The van der Waals surface area contributed by atoms with Crippen molar-refractivity contribution in [1.29, 1.82) is 0 Å². The Kier molecular flexibility index (Phi) is 3.79. The molecule has 1 aliphatic rings. The third-order valence-corrected chi connectivity index (χ3v) is 3.90. The first-order valence-corrected chi connectivity index (χ1v) is 7.31. The molecular formula is C17H21NO2. The molecule has 3 rings (SSSR count). The van der Waals surface area contributed by atoms with Gasteiger partial charge in [0.05, 0.1) is 12.6 Å². The van der Waals surface area contributed by atoms with E-state index in [9.17, 15) is 0 Å². The number of rotatable bonds is 4. The standard InChI is InChI=1S/C17H21NO2/c1-3-18-17(16-9-8-12(2)20-16)14-10-11-19-15-7-5-4-6-13(14)15/h4-9,14,17-18H,3,10-11H2,1-2H3. The van der Waals surface area contributed by atoms with Crippen LogP contribution in [0.3, 0.4) is 0 Å². The Morgan fingerprint density at radius 3 is 2.85 bits per heavy atom. The first-order chi connectivity index (χ1) is 9.79. The summed E-state index contributed by atoms with van der Waals surface area (Å²) in [5.41, 5.74) is 1.28. The number of para-hydroxylation sites is 1. The SMILES string of the molecule is CCNC(c1ccc(C)o1)C1CCOc2ccccc21. The fraction of sp³-hybridized carbons (Fsp3) is 0.412. The smallest absolute Gasteiger partial charge is 0.122 e. The molecule has 20 heavy (non-hydrogen) atoms. The zero-order chi connectivity index (χ0) is 13.9. The largest absolute Gasteiger partial charge is 0.493 e. The highest BCUT2D eigenvalue weighted by molar-refractivity contribution is 5.39. The van der Waals surface area contributed by atoms with Gasteiger partial charge in [0.2, 0.25) is 0 Å². The van der Waals surface area contributed by atoms with E-state index in [0.29, 0.717) is 5.92 Å². The first-order valence-electron chi connectivity index (χ1n) is 7.31. The maximum atomic E-state index is 5.86. The molecule has 1 aromatic heterocycles. The number of nitrogens with one attached hydrogen (secondary N) is 1. The zero-order valence-corrected chi connectivity index (χ0v) is 12.1. The highest BCUT2D eigenvalue weighted by atomic mass is 16.5. The van der Waals surface area contributed by atoms with Crippen molar-refractivity contribution in [3.05, 3.63) is 53.5 Å². The number of hydrogen-bond acceptors (Lipinski definition) is 3. The van der Waals surface area contributed by atoms with Crippen LogP contribution in [0, 0.1) is 6.92 Å². The number of hydrogen-bond donors (Lipinski definition) is 1. The minimum Gasteiger partial charge on any atom is -0.493 e. The van der Waals surface area contributed by atoms with E-state index < -0.39 is 0 Å². The van der Waals surface area contributed by atoms with Crippen molar-refractivity contribution in [2.24, 2.45) is 0 Å². The fourth-order valence-corrected chi connectivity index (χ4v) is 3.00. The van der Waals surface area contributed by atoms with Crippen molar-refractivity contribution in [2.75, 3.05) is 13.2 Å². The molecule has 0 radical (unpaired) electrons. The summed E-state index contributed by atoms with van der Waals surface area (Å²) in [5, 5.41) is 3.57. The molecule has 2 heterocycles. The van der Waals surface area contributed by atoms with Gasteiger partial charge in [-0.1, -0.05) is 25.1 Å². The molecule has 3 nitrogen and oxygen atoms in total. The predicted molar refractivity (Wildman–Crippen MR) is 79.2 cm³/mol. The van der Waals surface area contributed by atoms with Gasteiger partial charge in [-0.2, -0.15) is 0 Å². The summed E-state index contributed by atoms with van der Waals surface area (Å²) in [6, 6.07) is 12.7. The van der Waals surface area contributed by atoms with E-state index >= 15 is 0 Å². The Hall–Kier alpha value is -1.74. The van der Waals surface area contributed by atoms with Crippen LogP contribution >= 0.6 is 0 Å². The molecule has 2 unspecified atom stereocenters. The quantitative estimate of drug-likeness (QED) is 0.918. The molecule has 2 aromatic rings. The maximum Gasteiger partial charge on any atom is 0.122 e. The van der Waals surface area contributed by atoms with Crippen LogP contribution in [0.15, 0.2) is 40.8 Å². The summed E-state index contributed by atoms with van der Waals surface area (Å²) in [6.45, 7) is 5.81. The average Bonchev–Trinajstić information content (AvgIpc) is 2.91. The minimum absolute atomic E-state index is 0.207. The summed E-state index contributed by atoms with van der Waals surface area (Å²) in [5.74, 6) is 3.38. The van der Waals surface area contributed by atoms with Gasteiger partial charge in [-0.05, 0) is 43.7 Å². The third kappa shape index (κ3) is 2.46. The normalized spacial score (nSPS) is 19.2. The summed E-state index contributed by atoms with van der Waals surface area (Å²) in [4.78, 5) is 0. The Morgan fingerprint density at radius 2 is 2.10 bits per heavy atom. The van der Waals surface area contributed by atoms with Gasteiger partial charge in [0.15, 0.2) is 0 Å². The topological polar surface area (TPSA) is 34.4 Å². The Morgan fingerprint density at radius 1 is 1.25 bits per heavy atom. The molecule has 0 saturated heterocycles. The molecule has 0 amide bonds. The molecular weight excluding hydrogens is 250 g/mol. The van der Waals surface area contributed by atoms with Crippen LogP contribution in [-0.2, 0) is 0 Å². The summed E-state index contributed by atoms with van der Waals surface area (Å²) >= 11 is 0. The van der Waals surface area contributed by atoms with Crippen molar-refractivity contribution in [2.45, 2.75) is 32.2 Å². The van der Waals surface area contributed by atoms with Crippen LogP contribution < -0.4 is 10.1 Å². The van der Waals surface area contributed by atoms with Crippen LogP contribution in [0.1, 0.15) is 42.4 Å². The predicted octanol–water partition coefficient (Wildman–Crippen LogP) is 3.80. The van der Waals surface area contributed by atoms with Crippen molar-refractivity contribution >= 4 is 0 Å². The molecule has 0 fully saturated rings. The summed E-state index contributed by atoms with van der Waals surface area (Å²) < 4.78 is 11.6. The van der Waals surface area contributed by atoms with Gasteiger partial charge in [-0.15, -0.1) is 0 Å². The third-order valence-electron chi connectivity index (χ3n) is 3.90. The van der Waals surface area contributed by atoms with E-state index in [-0.39, 0.29) is 6.04 Å². The highest BCUT2D eigenvalue weighted by Gasteiger charge is 2.31. The lowest BCUT2D eigenvalue weighted by Gasteiger charge is -2.31. The van der Waals surface area contributed by atoms with Crippen LogP contribution in [0.4, 0.5) is 0 Å². The molecule has 106 valence electrons. The van der Waals surface area contributed by atoms with Crippen molar-refractivity contribution in [3.63, 3.8) is 0 Å². The van der Waals surface area contributed by atoms with E-state index in [1.165, 1.54) is 5.56 Å². The van der Waals surface area contributed by atoms with Gasteiger partial charge in [-0.3, -0.25) is 0 Å². The van der Waals surface area contributed by atoms with Gasteiger partial charge in [-0.25, -0.2) is 0 Å². The Labute approximate surface area is 119 Å². The van der Waals surface area contributed by atoms with Gasteiger partial charge in [0.1, 0.15) is 17.3 Å². The zero-order valence-electron chi connectivity index (χ0n) is 12.1. The van der Waals surface area contributed by atoms with Crippen molar-refractivity contribution in [1.82, 2.24) is 5.32 Å². The fourth-order valence-electron chi connectivity index (χ4n) is 3.00. The van der Waals surface area contributed by atoms with Crippen molar-refractivity contribution < 1.29 is 9.15 Å². The number of fused-ring (bicyclic) bond motifs is 1. The first kappa shape index (κ1) is 13.3. The number of furan rings is 1. The lowest BCUT2D eigenvalue weighted by Crippen LogP contribution is -2.30. The summed E-state index contributed by atoms with van der Waals surface area (Å²) in [6.07, 6.45) is 1.01. The average molecular weight is 271 g/mol. The van der Waals surface area contributed by atoms with E-state index in [4.69, 9.17) is 9.15 Å².